The largest absolute Gasteiger partial charge is 0.290 e. The van der Waals surface area contributed by atoms with E-state index >= 15 is 0 Å². The number of carbonyl (C=O) groups is 1. The smallest absolute Gasteiger partial charge is 0.272 e. The molecule has 7 heteroatoms. The lowest BCUT2D eigenvalue weighted by Crippen LogP contribution is -2.35. The molecule has 0 aliphatic carbocycles. The van der Waals surface area contributed by atoms with E-state index in [1.165, 1.54) is 21.9 Å². The van der Waals surface area contributed by atoms with E-state index in [2.05, 4.69) is 4.98 Å². The molecule has 0 aliphatic heterocycles. The van der Waals surface area contributed by atoms with E-state index in [-0.39, 0.29) is 5.56 Å². The minimum atomic E-state index is -0.636. The number of hydrogen-bond donors (Lipinski definition) is 2. The van der Waals surface area contributed by atoms with E-state index < -0.39 is 11.5 Å². The summed E-state index contributed by atoms with van der Waals surface area (Å²) in [6, 6.07) is 0. The quantitative estimate of drug-likeness (QED) is 0.372. The van der Waals surface area contributed by atoms with Crippen LogP contribution >= 0.6 is 11.3 Å². The predicted molar refractivity (Wildman–Crippen MR) is 51.0 cm³/mol. The third kappa shape index (κ3) is 1.19. The molecule has 0 bridgehead atoms. The van der Waals surface area contributed by atoms with Crippen molar-refractivity contribution in [1.82, 2.24) is 14.8 Å². The van der Waals surface area contributed by atoms with Gasteiger partial charge in [0.05, 0.1) is 0 Å². The fourth-order valence-electron chi connectivity index (χ4n) is 1.06. The van der Waals surface area contributed by atoms with Gasteiger partial charge < -0.3 is 0 Å². The van der Waals surface area contributed by atoms with Crippen molar-refractivity contribution in [3.63, 3.8) is 0 Å². The molecule has 0 aliphatic rings. The van der Waals surface area contributed by atoms with Crippen LogP contribution in [0.5, 0.6) is 0 Å². The number of amides is 1. The molecule has 2 aromatic rings. The average Bonchev–Trinajstić information content (AvgIpc) is 2.66. The minimum Gasteiger partial charge on any atom is -0.290 e. The van der Waals surface area contributed by atoms with Crippen molar-refractivity contribution in [3.05, 3.63) is 33.7 Å². The van der Waals surface area contributed by atoms with Crippen LogP contribution in [0, 0.1) is 0 Å². The summed E-state index contributed by atoms with van der Waals surface area (Å²) in [5, 5.41) is 1.72. The molecular formula is C7H6N4O2S. The Labute approximate surface area is 82.0 Å². The Hall–Kier alpha value is -1.73. The molecule has 2 rings (SSSR count). The molecule has 0 saturated carbocycles. The van der Waals surface area contributed by atoms with Gasteiger partial charge in [-0.05, 0) is 0 Å². The van der Waals surface area contributed by atoms with Crippen LogP contribution in [-0.4, -0.2) is 15.3 Å². The van der Waals surface area contributed by atoms with Crippen molar-refractivity contribution in [1.29, 1.82) is 0 Å². The van der Waals surface area contributed by atoms with Gasteiger partial charge in [0.2, 0.25) is 0 Å². The maximum Gasteiger partial charge on any atom is 0.272 e. The van der Waals surface area contributed by atoms with Crippen LogP contribution in [0.1, 0.15) is 10.4 Å². The first kappa shape index (κ1) is 8.85. The Balaban J connectivity index is 2.74. The highest BCUT2D eigenvalue weighted by molar-refractivity contribution is 7.15. The molecule has 0 fully saturated rings. The number of thiazole rings is 1. The minimum absolute atomic E-state index is 0.0663. The maximum absolute atomic E-state index is 11.6. The highest BCUT2D eigenvalue weighted by Crippen LogP contribution is 2.05. The van der Waals surface area contributed by atoms with Crippen LogP contribution in [0.25, 0.3) is 4.96 Å². The summed E-state index contributed by atoms with van der Waals surface area (Å²) >= 11 is 1.32. The zero-order chi connectivity index (χ0) is 10.1. The van der Waals surface area contributed by atoms with E-state index in [0.717, 1.165) is 0 Å². The SMILES string of the molecule is NNC(=O)c1cnc2sccn2c1=O. The number of aromatic nitrogens is 2. The number of nitrogens with two attached hydrogens (primary N) is 1. The fourth-order valence-corrected chi connectivity index (χ4v) is 1.73. The molecule has 0 atom stereocenters. The molecule has 2 aromatic heterocycles. The number of nitrogen functional groups attached to an aromatic ring is 1. The van der Waals surface area contributed by atoms with Crippen LogP contribution in [-0.2, 0) is 0 Å². The molecule has 2 heterocycles. The summed E-state index contributed by atoms with van der Waals surface area (Å²) in [6.45, 7) is 0. The van der Waals surface area contributed by atoms with E-state index in [9.17, 15) is 9.59 Å². The third-order valence-corrected chi connectivity index (χ3v) is 2.49. The van der Waals surface area contributed by atoms with Gasteiger partial charge in [0.25, 0.3) is 11.5 Å². The van der Waals surface area contributed by atoms with Gasteiger partial charge >= 0.3 is 0 Å². The molecule has 0 radical (unpaired) electrons. The van der Waals surface area contributed by atoms with Gasteiger partial charge in [0.1, 0.15) is 5.56 Å². The van der Waals surface area contributed by atoms with Gasteiger partial charge in [-0.15, -0.1) is 11.3 Å². The number of fused-ring (bicyclic) bond motifs is 1. The number of hydrogen-bond acceptors (Lipinski definition) is 5. The van der Waals surface area contributed by atoms with Crippen molar-refractivity contribution in [2.45, 2.75) is 0 Å². The van der Waals surface area contributed by atoms with Crippen LogP contribution in [0.15, 0.2) is 22.6 Å². The first-order valence-electron chi connectivity index (χ1n) is 3.70. The predicted octanol–water partition coefficient (Wildman–Crippen LogP) is -0.641. The monoisotopic (exact) mass is 210 g/mol. The van der Waals surface area contributed by atoms with Gasteiger partial charge in [0.15, 0.2) is 4.96 Å². The first-order chi connectivity index (χ1) is 6.74. The Morgan fingerprint density at radius 2 is 2.43 bits per heavy atom. The van der Waals surface area contributed by atoms with E-state index in [4.69, 9.17) is 5.84 Å². The lowest BCUT2D eigenvalue weighted by atomic mass is 10.3. The molecule has 3 N–H and O–H groups in total. The number of carbonyl (C=O) groups excluding carboxylic acids is 1. The number of rotatable bonds is 1. The summed E-state index contributed by atoms with van der Waals surface area (Å²) in [5.41, 5.74) is 1.41. The Bertz CT molecular complexity index is 544. The van der Waals surface area contributed by atoms with Crippen LogP contribution in [0.3, 0.4) is 0 Å². The Kier molecular flexibility index (Phi) is 2.02. The highest BCUT2D eigenvalue weighted by atomic mass is 32.1. The van der Waals surface area contributed by atoms with Crippen LogP contribution in [0.2, 0.25) is 0 Å². The normalized spacial score (nSPS) is 10.4. The lowest BCUT2D eigenvalue weighted by molar-refractivity contribution is 0.0951. The summed E-state index contributed by atoms with van der Waals surface area (Å²) < 4.78 is 1.30. The van der Waals surface area contributed by atoms with E-state index in [0.29, 0.717) is 4.96 Å². The highest BCUT2D eigenvalue weighted by Gasteiger charge is 2.11. The first-order valence-corrected chi connectivity index (χ1v) is 4.58. The molecule has 6 nitrogen and oxygen atoms in total. The van der Waals surface area contributed by atoms with Gasteiger partial charge in [-0.2, -0.15) is 0 Å². The zero-order valence-electron chi connectivity index (χ0n) is 6.93. The van der Waals surface area contributed by atoms with Crippen molar-refractivity contribution in [2.24, 2.45) is 5.84 Å². The summed E-state index contributed by atoms with van der Waals surface area (Å²) in [7, 11) is 0. The number of nitrogens with zero attached hydrogens (tertiary/aromatic N) is 2. The molecule has 72 valence electrons. The standard InChI is InChI=1S/C7H6N4O2S/c8-10-5(12)4-3-9-7-11(6(4)13)1-2-14-7/h1-3H,8H2,(H,10,12). The second-order valence-electron chi connectivity index (χ2n) is 2.51. The molecular weight excluding hydrogens is 204 g/mol. The average molecular weight is 210 g/mol. The second-order valence-corrected chi connectivity index (χ2v) is 3.38. The van der Waals surface area contributed by atoms with Gasteiger partial charge in [-0.1, -0.05) is 0 Å². The fraction of sp³-hybridized carbons (Fsp3) is 0. The molecule has 0 aromatic carbocycles. The van der Waals surface area contributed by atoms with Crippen molar-refractivity contribution in [3.8, 4) is 0 Å². The second kappa shape index (κ2) is 3.20. The summed E-state index contributed by atoms with van der Waals surface area (Å²) in [6.07, 6.45) is 2.78. The van der Waals surface area contributed by atoms with E-state index in [1.807, 2.05) is 5.43 Å². The van der Waals surface area contributed by atoms with Crippen molar-refractivity contribution >= 4 is 22.2 Å². The van der Waals surface area contributed by atoms with Gasteiger partial charge in [-0.3, -0.25) is 19.4 Å². The molecule has 1 amide bonds. The van der Waals surface area contributed by atoms with Crippen LogP contribution in [0.4, 0.5) is 0 Å². The molecule has 14 heavy (non-hydrogen) atoms. The summed E-state index contributed by atoms with van der Waals surface area (Å²) in [5.74, 6) is 4.28. The van der Waals surface area contributed by atoms with Gasteiger partial charge in [0, 0.05) is 17.8 Å². The lowest BCUT2D eigenvalue weighted by Gasteiger charge is -1.98. The third-order valence-electron chi connectivity index (χ3n) is 1.72. The van der Waals surface area contributed by atoms with Crippen molar-refractivity contribution < 1.29 is 4.79 Å². The maximum atomic E-state index is 11.6. The van der Waals surface area contributed by atoms with Crippen LogP contribution < -0.4 is 16.8 Å². The number of hydrazine groups is 1. The number of nitrogens with one attached hydrogen (secondary N) is 1. The van der Waals surface area contributed by atoms with Gasteiger partial charge in [-0.25, -0.2) is 10.8 Å². The van der Waals surface area contributed by atoms with Crippen molar-refractivity contribution in [2.75, 3.05) is 0 Å². The van der Waals surface area contributed by atoms with E-state index in [1.54, 1.807) is 11.6 Å². The molecule has 0 saturated heterocycles. The zero-order valence-corrected chi connectivity index (χ0v) is 7.75. The topological polar surface area (TPSA) is 89.5 Å². The molecule has 0 unspecified atom stereocenters. The Morgan fingerprint density at radius 1 is 1.64 bits per heavy atom. The Morgan fingerprint density at radius 3 is 3.14 bits per heavy atom. The molecule has 0 spiro atoms. The summed E-state index contributed by atoms with van der Waals surface area (Å²) in [4.78, 5) is 27.2.